The first-order valence-corrected chi connectivity index (χ1v) is 7.13. The van der Waals surface area contributed by atoms with E-state index in [4.69, 9.17) is 10.2 Å². The SMILES string of the molecule is CC1=CC(CNC(=O)C(=O)O)C(C(C)C)CC1CC(=O)O. The summed E-state index contributed by atoms with van der Waals surface area (Å²) in [5.41, 5.74) is 1.00. The van der Waals surface area contributed by atoms with Crippen molar-refractivity contribution in [3.8, 4) is 0 Å². The summed E-state index contributed by atoms with van der Waals surface area (Å²) >= 11 is 0. The molecule has 21 heavy (non-hydrogen) atoms. The Hall–Kier alpha value is -1.85. The molecule has 1 rings (SSSR count). The van der Waals surface area contributed by atoms with Gasteiger partial charge >= 0.3 is 17.8 Å². The van der Waals surface area contributed by atoms with E-state index >= 15 is 0 Å². The minimum absolute atomic E-state index is 0.0151. The zero-order chi connectivity index (χ0) is 16.2. The van der Waals surface area contributed by atoms with Crippen LogP contribution < -0.4 is 5.32 Å². The third-order valence-electron chi connectivity index (χ3n) is 4.20. The van der Waals surface area contributed by atoms with Gasteiger partial charge in [-0.05, 0) is 37.0 Å². The summed E-state index contributed by atoms with van der Waals surface area (Å²) in [6.45, 7) is 6.29. The minimum Gasteiger partial charge on any atom is -0.481 e. The standard InChI is InChI=1S/C15H23NO5/c1-8(2)12-5-10(6-13(17)18)9(3)4-11(12)7-16-14(19)15(20)21/h4,8,10-12H,5-7H2,1-3H3,(H,16,19)(H,17,18)(H,20,21). The van der Waals surface area contributed by atoms with Crippen molar-refractivity contribution in [2.45, 2.75) is 33.6 Å². The van der Waals surface area contributed by atoms with Gasteiger partial charge in [-0.1, -0.05) is 25.5 Å². The Balaban J connectivity index is 2.80. The van der Waals surface area contributed by atoms with Gasteiger partial charge in [-0.25, -0.2) is 4.79 Å². The molecule has 0 aromatic heterocycles. The Labute approximate surface area is 124 Å². The second-order valence-electron chi connectivity index (χ2n) is 6.03. The third kappa shape index (κ3) is 4.88. The van der Waals surface area contributed by atoms with Crippen molar-refractivity contribution >= 4 is 17.8 Å². The first-order valence-electron chi connectivity index (χ1n) is 7.13. The van der Waals surface area contributed by atoms with Gasteiger partial charge in [0.05, 0.1) is 6.42 Å². The molecule has 0 heterocycles. The molecular formula is C15H23NO5. The smallest absolute Gasteiger partial charge is 0.394 e. The fourth-order valence-electron chi connectivity index (χ4n) is 3.00. The minimum atomic E-state index is -1.49. The molecule has 6 heteroatoms. The van der Waals surface area contributed by atoms with Crippen molar-refractivity contribution in [2.75, 3.05) is 6.54 Å². The molecule has 1 aliphatic carbocycles. The molecule has 0 fully saturated rings. The van der Waals surface area contributed by atoms with E-state index in [0.29, 0.717) is 5.92 Å². The summed E-state index contributed by atoms with van der Waals surface area (Å²) in [4.78, 5) is 32.6. The molecular weight excluding hydrogens is 274 g/mol. The Kier molecular flexibility index (Phi) is 5.93. The van der Waals surface area contributed by atoms with Gasteiger partial charge in [0.25, 0.3) is 0 Å². The van der Waals surface area contributed by atoms with Crippen LogP contribution in [0, 0.1) is 23.7 Å². The maximum atomic E-state index is 11.1. The Bertz CT molecular complexity index is 455. The highest BCUT2D eigenvalue weighted by atomic mass is 16.4. The summed E-state index contributed by atoms with van der Waals surface area (Å²) in [5, 5.41) is 20.0. The molecule has 0 aromatic rings. The predicted molar refractivity (Wildman–Crippen MR) is 76.6 cm³/mol. The quantitative estimate of drug-likeness (QED) is 0.527. The van der Waals surface area contributed by atoms with Gasteiger partial charge in [0.15, 0.2) is 0 Å². The highest BCUT2D eigenvalue weighted by molar-refractivity contribution is 6.31. The maximum absolute atomic E-state index is 11.1. The molecule has 0 spiro atoms. The number of rotatable bonds is 5. The summed E-state index contributed by atoms with van der Waals surface area (Å²) in [6, 6.07) is 0. The van der Waals surface area contributed by atoms with Gasteiger partial charge in [-0.3, -0.25) is 9.59 Å². The highest BCUT2D eigenvalue weighted by Crippen LogP contribution is 2.38. The molecule has 3 unspecified atom stereocenters. The largest absolute Gasteiger partial charge is 0.481 e. The Morgan fingerprint density at radius 2 is 1.95 bits per heavy atom. The second-order valence-corrected chi connectivity index (χ2v) is 6.03. The van der Waals surface area contributed by atoms with Crippen LogP contribution in [-0.4, -0.2) is 34.6 Å². The number of aliphatic carboxylic acids is 2. The van der Waals surface area contributed by atoms with Crippen molar-refractivity contribution < 1.29 is 24.6 Å². The number of allylic oxidation sites excluding steroid dienone is 1. The number of amides is 1. The molecule has 0 radical (unpaired) electrons. The van der Waals surface area contributed by atoms with Crippen LogP contribution >= 0.6 is 0 Å². The van der Waals surface area contributed by atoms with Crippen LogP contribution in [-0.2, 0) is 14.4 Å². The number of hydrogen-bond acceptors (Lipinski definition) is 3. The zero-order valence-electron chi connectivity index (χ0n) is 12.6. The van der Waals surface area contributed by atoms with Crippen LogP contribution in [0.25, 0.3) is 0 Å². The van der Waals surface area contributed by atoms with Gasteiger partial charge in [0, 0.05) is 6.54 Å². The molecule has 118 valence electrons. The topological polar surface area (TPSA) is 104 Å². The molecule has 1 amide bonds. The Morgan fingerprint density at radius 3 is 2.43 bits per heavy atom. The number of hydrogen-bond donors (Lipinski definition) is 3. The number of carboxylic acids is 2. The van der Waals surface area contributed by atoms with Crippen LogP contribution in [0.15, 0.2) is 11.6 Å². The molecule has 0 aliphatic heterocycles. The summed E-state index contributed by atoms with van der Waals surface area (Å²) in [5.74, 6) is -2.69. The predicted octanol–water partition coefficient (Wildman–Crippen LogP) is 1.52. The molecule has 3 N–H and O–H groups in total. The van der Waals surface area contributed by atoms with Crippen molar-refractivity contribution in [3.05, 3.63) is 11.6 Å². The van der Waals surface area contributed by atoms with E-state index in [2.05, 4.69) is 19.2 Å². The first-order chi connectivity index (χ1) is 9.72. The van der Waals surface area contributed by atoms with Crippen LogP contribution in [0.5, 0.6) is 0 Å². The van der Waals surface area contributed by atoms with E-state index in [1.54, 1.807) is 0 Å². The first kappa shape index (κ1) is 17.2. The van der Waals surface area contributed by atoms with Crippen molar-refractivity contribution in [1.82, 2.24) is 5.32 Å². The maximum Gasteiger partial charge on any atom is 0.394 e. The van der Waals surface area contributed by atoms with Gasteiger partial charge in [0.1, 0.15) is 0 Å². The van der Waals surface area contributed by atoms with Crippen LogP contribution in [0.4, 0.5) is 0 Å². The second kappa shape index (κ2) is 7.24. The summed E-state index contributed by atoms with van der Waals surface area (Å²) in [7, 11) is 0. The zero-order valence-corrected chi connectivity index (χ0v) is 12.6. The van der Waals surface area contributed by atoms with E-state index in [1.165, 1.54) is 0 Å². The molecule has 1 aliphatic rings. The lowest BCUT2D eigenvalue weighted by Crippen LogP contribution is -2.39. The van der Waals surface area contributed by atoms with Crippen molar-refractivity contribution in [2.24, 2.45) is 23.7 Å². The number of carboxylic acid groups (broad SMARTS) is 2. The number of carbonyl (C=O) groups is 3. The van der Waals surface area contributed by atoms with Crippen LogP contribution in [0.1, 0.15) is 33.6 Å². The van der Waals surface area contributed by atoms with Gasteiger partial charge in [0.2, 0.25) is 0 Å². The average Bonchev–Trinajstić information content (AvgIpc) is 2.37. The van der Waals surface area contributed by atoms with E-state index in [0.717, 1.165) is 12.0 Å². The lowest BCUT2D eigenvalue weighted by molar-refractivity contribution is -0.150. The monoisotopic (exact) mass is 297 g/mol. The molecule has 0 aromatic carbocycles. The molecule has 0 saturated heterocycles. The lowest BCUT2D eigenvalue weighted by Gasteiger charge is -2.36. The van der Waals surface area contributed by atoms with Crippen molar-refractivity contribution in [1.29, 1.82) is 0 Å². The average molecular weight is 297 g/mol. The molecule has 3 atom stereocenters. The van der Waals surface area contributed by atoms with Gasteiger partial charge < -0.3 is 15.5 Å². The van der Waals surface area contributed by atoms with E-state index in [1.807, 2.05) is 13.0 Å². The van der Waals surface area contributed by atoms with E-state index in [9.17, 15) is 14.4 Å². The molecule has 6 nitrogen and oxygen atoms in total. The fraction of sp³-hybridized carbons (Fsp3) is 0.667. The van der Waals surface area contributed by atoms with E-state index < -0.39 is 17.8 Å². The highest BCUT2D eigenvalue weighted by Gasteiger charge is 2.32. The number of carbonyl (C=O) groups excluding carboxylic acids is 1. The fourth-order valence-corrected chi connectivity index (χ4v) is 3.00. The number of nitrogens with one attached hydrogen (secondary N) is 1. The van der Waals surface area contributed by atoms with Crippen molar-refractivity contribution in [3.63, 3.8) is 0 Å². The Morgan fingerprint density at radius 1 is 1.33 bits per heavy atom. The molecule has 0 bridgehead atoms. The van der Waals surface area contributed by atoms with Gasteiger partial charge in [-0.2, -0.15) is 0 Å². The summed E-state index contributed by atoms with van der Waals surface area (Å²) in [6.07, 6.45) is 2.85. The van der Waals surface area contributed by atoms with Crippen LogP contribution in [0.2, 0.25) is 0 Å². The van der Waals surface area contributed by atoms with E-state index in [-0.39, 0.29) is 30.7 Å². The lowest BCUT2D eigenvalue weighted by atomic mass is 9.70. The van der Waals surface area contributed by atoms with Crippen LogP contribution in [0.3, 0.4) is 0 Å². The normalized spacial score (nSPS) is 25.3. The van der Waals surface area contributed by atoms with Gasteiger partial charge in [-0.15, -0.1) is 0 Å². The third-order valence-corrected chi connectivity index (χ3v) is 4.20. The summed E-state index contributed by atoms with van der Waals surface area (Å²) < 4.78 is 0. The molecule has 0 saturated carbocycles.